The van der Waals surface area contributed by atoms with Crippen molar-refractivity contribution in [2.24, 2.45) is 5.92 Å². The van der Waals surface area contributed by atoms with Crippen LogP contribution in [0.25, 0.3) is 0 Å². The second-order valence-corrected chi connectivity index (χ2v) is 5.73. The summed E-state index contributed by atoms with van der Waals surface area (Å²) in [5, 5.41) is 3.66. The molecule has 0 spiro atoms. The summed E-state index contributed by atoms with van der Waals surface area (Å²) in [6.07, 6.45) is 5.76. The van der Waals surface area contributed by atoms with Crippen molar-refractivity contribution < 1.29 is 0 Å². The standard InChI is InChI=1S/C13H26N2/c1-10(2)14-13-7-8-15(9-13)11(3)12-5-4-6-12/h10-14H,4-9H2,1-3H3. The summed E-state index contributed by atoms with van der Waals surface area (Å²) >= 11 is 0. The Kier molecular flexibility index (Phi) is 3.68. The lowest BCUT2D eigenvalue weighted by Gasteiger charge is -2.37. The number of nitrogens with one attached hydrogen (secondary N) is 1. The summed E-state index contributed by atoms with van der Waals surface area (Å²) in [5.74, 6) is 1.00. The summed E-state index contributed by atoms with van der Waals surface area (Å²) in [7, 11) is 0. The number of nitrogens with zero attached hydrogens (tertiary/aromatic N) is 1. The van der Waals surface area contributed by atoms with Gasteiger partial charge in [-0.15, -0.1) is 0 Å². The van der Waals surface area contributed by atoms with Gasteiger partial charge in [-0.2, -0.15) is 0 Å². The summed E-state index contributed by atoms with van der Waals surface area (Å²) < 4.78 is 0. The lowest BCUT2D eigenvalue weighted by atomic mass is 9.80. The molecule has 2 rings (SSSR count). The van der Waals surface area contributed by atoms with Crippen molar-refractivity contribution in [2.75, 3.05) is 13.1 Å². The zero-order chi connectivity index (χ0) is 10.8. The van der Waals surface area contributed by atoms with Gasteiger partial charge in [0.25, 0.3) is 0 Å². The van der Waals surface area contributed by atoms with Crippen LogP contribution in [0.1, 0.15) is 46.5 Å². The Hall–Kier alpha value is -0.0800. The van der Waals surface area contributed by atoms with Crippen molar-refractivity contribution in [3.8, 4) is 0 Å². The van der Waals surface area contributed by atoms with Gasteiger partial charge in [0, 0.05) is 31.2 Å². The van der Waals surface area contributed by atoms with Crippen molar-refractivity contribution in [3.05, 3.63) is 0 Å². The molecule has 2 fully saturated rings. The molecule has 0 aromatic heterocycles. The van der Waals surface area contributed by atoms with Crippen LogP contribution in [0.2, 0.25) is 0 Å². The summed E-state index contributed by atoms with van der Waals surface area (Å²) in [6.45, 7) is 9.51. The number of rotatable bonds is 4. The van der Waals surface area contributed by atoms with Gasteiger partial charge in [-0.05, 0) is 32.1 Å². The third kappa shape index (κ3) is 2.73. The van der Waals surface area contributed by atoms with Gasteiger partial charge in [-0.25, -0.2) is 0 Å². The van der Waals surface area contributed by atoms with Gasteiger partial charge in [-0.1, -0.05) is 20.3 Å². The highest BCUT2D eigenvalue weighted by Gasteiger charge is 2.32. The van der Waals surface area contributed by atoms with Crippen LogP contribution in [0.15, 0.2) is 0 Å². The lowest BCUT2D eigenvalue weighted by Crippen LogP contribution is -2.42. The largest absolute Gasteiger partial charge is 0.310 e. The monoisotopic (exact) mass is 210 g/mol. The minimum Gasteiger partial charge on any atom is -0.310 e. The zero-order valence-electron chi connectivity index (χ0n) is 10.5. The van der Waals surface area contributed by atoms with Crippen LogP contribution in [0.3, 0.4) is 0 Å². The first-order valence-electron chi connectivity index (χ1n) is 6.67. The minimum atomic E-state index is 0.633. The van der Waals surface area contributed by atoms with Crippen molar-refractivity contribution in [1.29, 1.82) is 0 Å². The van der Waals surface area contributed by atoms with Crippen molar-refractivity contribution >= 4 is 0 Å². The molecule has 1 aliphatic carbocycles. The van der Waals surface area contributed by atoms with Crippen molar-refractivity contribution in [3.63, 3.8) is 0 Å². The van der Waals surface area contributed by atoms with Crippen molar-refractivity contribution in [1.82, 2.24) is 10.2 Å². The predicted molar refractivity (Wildman–Crippen MR) is 65.1 cm³/mol. The topological polar surface area (TPSA) is 15.3 Å². The molecule has 1 saturated heterocycles. The Labute approximate surface area is 94.4 Å². The fourth-order valence-electron chi connectivity index (χ4n) is 2.99. The van der Waals surface area contributed by atoms with Crippen LogP contribution in [0.5, 0.6) is 0 Å². The molecule has 0 aromatic carbocycles. The molecule has 2 nitrogen and oxygen atoms in total. The van der Waals surface area contributed by atoms with E-state index in [2.05, 4.69) is 31.0 Å². The fraction of sp³-hybridized carbons (Fsp3) is 1.00. The lowest BCUT2D eigenvalue weighted by molar-refractivity contribution is 0.128. The molecule has 1 aliphatic heterocycles. The van der Waals surface area contributed by atoms with Gasteiger partial charge < -0.3 is 5.32 Å². The average molecular weight is 210 g/mol. The van der Waals surface area contributed by atoms with E-state index in [0.29, 0.717) is 6.04 Å². The number of likely N-dealkylation sites (tertiary alicyclic amines) is 1. The van der Waals surface area contributed by atoms with E-state index in [1.54, 1.807) is 0 Å². The molecule has 0 radical (unpaired) electrons. The van der Waals surface area contributed by atoms with Crippen LogP contribution in [-0.4, -0.2) is 36.1 Å². The van der Waals surface area contributed by atoms with E-state index in [9.17, 15) is 0 Å². The van der Waals surface area contributed by atoms with Crippen LogP contribution in [0.4, 0.5) is 0 Å². The van der Waals surface area contributed by atoms with Crippen LogP contribution >= 0.6 is 0 Å². The third-order valence-electron chi connectivity index (χ3n) is 4.20. The van der Waals surface area contributed by atoms with E-state index in [1.807, 2.05) is 0 Å². The van der Waals surface area contributed by atoms with Gasteiger partial charge in [0.05, 0.1) is 0 Å². The third-order valence-corrected chi connectivity index (χ3v) is 4.20. The maximum absolute atomic E-state index is 3.66. The highest BCUT2D eigenvalue weighted by molar-refractivity contribution is 4.89. The summed E-state index contributed by atoms with van der Waals surface area (Å²) in [6, 6.07) is 2.21. The normalized spacial score (nSPS) is 30.8. The maximum atomic E-state index is 3.66. The number of hydrogen-bond acceptors (Lipinski definition) is 2. The first-order chi connectivity index (χ1) is 7.16. The van der Waals surface area contributed by atoms with Gasteiger partial charge in [0.1, 0.15) is 0 Å². The Morgan fingerprint density at radius 1 is 1.13 bits per heavy atom. The van der Waals surface area contributed by atoms with Crippen LogP contribution in [0, 0.1) is 5.92 Å². The van der Waals surface area contributed by atoms with Gasteiger partial charge in [-0.3, -0.25) is 4.90 Å². The quantitative estimate of drug-likeness (QED) is 0.765. The molecule has 1 saturated carbocycles. The average Bonchev–Trinajstić information content (AvgIpc) is 2.48. The molecule has 88 valence electrons. The molecule has 0 amide bonds. The Balaban J connectivity index is 1.76. The highest BCUT2D eigenvalue weighted by atomic mass is 15.2. The predicted octanol–water partition coefficient (Wildman–Crippen LogP) is 2.25. The molecule has 1 N–H and O–H groups in total. The van der Waals surface area contributed by atoms with E-state index in [4.69, 9.17) is 0 Å². The van der Waals surface area contributed by atoms with Crippen LogP contribution < -0.4 is 5.32 Å². The molecular weight excluding hydrogens is 184 g/mol. The molecule has 2 heteroatoms. The smallest absolute Gasteiger partial charge is 0.0209 e. The SMILES string of the molecule is CC(C)NC1CCN(C(C)C2CCC2)C1. The highest BCUT2D eigenvalue weighted by Crippen LogP contribution is 2.33. The minimum absolute atomic E-state index is 0.633. The first kappa shape index (κ1) is 11.4. The number of hydrogen-bond donors (Lipinski definition) is 1. The zero-order valence-corrected chi connectivity index (χ0v) is 10.5. The van der Waals surface area contributed by atoms with Gasteiger partial charge in [0.15, 0.2) is 0 Å². The molecule has 2 atom stereocenters. The molecule has 1 heterocycles. The van der Waals surface area contributed by atoms with E-state index >= 15 is 0 Å². The van der Waals surface area contributed by atoms with E-state index in [0.717, 1.165) is 18.0 Å². The molecule has 2 unspecified atom stereocenters. The summed E-state index contributed by atoms with van der Waals surface area (Å²) in [4.78, 5) is 2.70. The van der Waals surface area contributed by atoms with E-state index < -0.39 is 0 Å². The van der Waals surface area contributed by atoms with Crippen molar-refractivity contribution in [2.45, 2.75) is 64.6 Å². The molecule has 0 bridgehead atoms. The van der Waals surface area contributed by atoms with Gasteiger partial charge in [0.2, 0.25) is 0 Å². The molecular formula is C13H26N2. The summed E-state index contributed by atoms with van der Waals surface area (Å²) in [5.41, 5.74) is 0. The molecule has 2 aliphatic rings. The van der Waals surface area contributed by atoms with E-state index in [1.165, 1.54) is 38.8 Å². The van der Waals surface area contributed by atoms with Crippen LogP contribution in [-0.2, 0) is 0 Å². The fourth-order valence-corrected chi connectivity index (χ4v) is 2.99. The molecule has 15 heavy (non-hydrogen) atoms. The first-order valence-corrected chi connectivity index (χ1v) is 6.67. The second kappa shape index (κ2) is 4.84. The Morgan fingerprint density at radius 3 is 2.40 bits per heavy atom. The van der Waals surface area contributed by atoms with Gasteiger partial charge >= 0.3 is 0 Å². The molecule has 0 aromatic rings. The second-order valence-electron chi connectivity index (χ2n) is 5.73. The maximum Gasteiger partial charge on any atom is 0.0209 e. The van der Waals surface area contributed by atoms with E-state index in [-0.39, 0.29) is 0 Å². The Bertz CT molecular complexity index is 199. The Morgan fingerprint density at radius 2 is 1.87 bits per heavy atom.